The number of carbonyl (C=O) groups is 3. The summed E-state index contributed by atoms with van der Waals surface area (Å²) in [6, 6.07) is 6.57. The highest BCUT2D eigenvalue weighted by Crippen LogP contribution is 2.23. The second kappa shape index (κ2) is 9.50. The monoisotopic (exact) mass is 378 g/mol. The van der Waals surface area contributed by atoms with Gasteiger partial charge in [0.1, 0.15) is 17.7 Å². The third-order valence-electron chi connectivity index (χ3n) is 3.97. The quantitative estimate of drug-likeness (QED) is 0.706. The van der Waals surface area contributed by atoms with Crippen LogP contribution in [0.2, 0.25) is 0 Å². The number of aliphatic hydroxyl groups excluding tert-OH is 1. The molecule has 2 N–H and O–H groups in total. The number of aliphatic hydroxyl groups is 1. The van der Waals surface area contributed by atoms with Crippen LogP contribution in [0, 0.1) is 0 Å². The molecule has 0 aliphatic rings. The van der Waals surface area contributed by atoms with E-state index in [1.54, 1.807) is 52.0 Å². The molecule has 3 atom stereocenters. The van der Waals surface area contributed by atoms with Crippen LogP contribution < -0.4 is 5.32 Å². The summed E-state index contributed by atoms with van der Waals surface area (Å²) in [4.78, 5) is 38.2. The largest absolute Gasteiger partial charge is 0.458 e. The molecule has 2 unspecified atom stereocenters. The van der Waals surface area contributed by atoms with E-state index in [0.29, 0.717) is 0 Å². The third-order valence-corrected chi connectivity index (χ3v) is 3.97. The van der Waals surface area contributed by atoms with Crippen LogP contribution in [0.3, 0.4) is 0 Å². The number of nitrogens with one attached hydrogen (secondary N) is 1. The van der Waals surface area contributed by atoms with Gasteiger partial charge in [-0.25, -0.2) is 4.79 Å². The first-order valence-corrected chi connectivity index (χ1v) is 8.96. The molecule has 27 heavy (non-hydrogen) atoms. The number of ether oxygens (including phenoxy) is 1. The molecule has 0 aromatic heterocycles. The molecule has 0 fully saturated rings. The zero-order valence-electron chi connectivity index (χ0n) is 16.9. The van der Waals surface area contributed by atoms with Gasteiger partial charge in [0.05, 0.1) is 12.6 Å². The number of carbonyl (C=O) groups excluding carboxylic acids is 3. The summed E-state index contributed by atoms with van der Waals surface area (Å²) in [5, 5.41) is 12.4. The van der Waals surface area contributed by atoms with Gasteiger partial charge in [-0.05, 0) is 40.2 Å². The van der Waals surface area contributed by atoms with E-state index in [9.17, 15) is 19.5 Å². The summed E-state index contributed by atoms with van der Waals surface area (Å²) in [6.45, 7) is 9.32. The minimum Gasteiger partial charge on any atom is -0.458 e. The molecule has 0 radical (unpaired) electrons. The molecule has 150 valence electrons. The van der Waals surface area contributed by atoms with Crippen molar-refractivity contribution in [2.75, 3.05) is 6.61 Å². The van der Waals surface area contributed by atoms with Crippen LogP contribution in [-0.2, 0) is 19.1 Å². The van der Waals surface area contributed by atoms with Crippen LogP contribution >= 0.6 is 0 Å². The van der Waals surface area contributed by atoms with Gasteiger partial charge in [0, 0.05) is 6.92 Å². The third kappa shape index (κ3) is 6.67. The Kier molecular flexibility index (Phi) is 7.97. The summed E-state index contributed by atoms with van der Waals surface area (Å²) < 4.78 is 5.25. The Morgan fingerprint density at radius 3 is 2.15 bits per heavy atom. The Labute approximate surface area is 160 Å². The first-order chi connectivity index (χ1) is 12.5. The van der Waals surface area contributed by atoms with Crippen LogP contribution in [0.25, 0.3) is 0 Å². The zero-order chi connectivity index (χ0) is 20.8. The molecule has 0 heterocycles. The maximum absolute atomic E-state index is 12.6. The molecular formula is C20H30N2O5. The molecule has 0 spiro atoms. The van der Waals surface area contributed by atoms with E-state index in [-0.39, 0.29) is 12.5 Å². The van der Waals surface area contributed by atoms with E-state index in [4.69, 9.17) is 4.74 Å². The van der Waals surface area contributed by atoms with Gasteiger partial charge in [0.15, 0.2) is 0 Å². The van der Waals surface area contributed by atoms with Crippen molar-refractivity contribution < 1.29 is 24.2 Å². The van der Waals surface area contributed by atoms with Crippen molar-refractivity contribution in [1.82, 2.24) is 10.2 Å². The summed E-state index contributed by atoms with van der Waals surface area (Å²) in [7, 11) is 0. The van der Waals surface area contributed by atoms with E-state index in [2.05, 4.69) is 5.32 Å². The highest BCUT2D eigenvalue weighted by Gasteiger charge is 2.32. The Balaban J connectivity index is 2.93. The Morgan fingerprint density at radius 1 is 1.15 bits per heavy atom. The van der Waals surface area contributed by atoms with Crippen LogP contribution in [0.5, 0.6) is 0 Å². The van der Waals surface area contributed by atoms with E-state index in [1.165, 1.54) is 18.7 Å². The van der Waals surface area contributed by atoms with Crippen LogP contribution in [0.1, 0.15) is 53.1 Å². The van der Waals surface area contributed by atoms with E-state index in [1.807, 2.05) is 6.07 Å². The lowest BCUT2D eigenvalue weighted by atomic mass is 10.0. The molecule has 0 saturated carbocycles. The van der Waals surface area contributed by atoms with Crippen LogP contribution in [0.4, 0.5) is 0 Å². The topological polar surface area (TPSA) is 95.9 Å². The van der Waals surface area contributed by atoms with E-state index < -0.39 is 35.6 Å². The van der Waals surface area contributed by atoms with Crippen molar-refractivity contribution in [3.63, 3.8) is 0 Å². The normalized spacial score (nSPS) is 14.6. The summed E-state index contributed by atoms with van der Waals surface area (Å²) in [6.07, 6.45) is 0. The number of esters is 1. The van der Waals surface area contributed by atoms with Crippen molar-refractivity contribution in [2.45, 2.75) is 65.3 Å². The van der Waals surface area contributed by atoms with E-state index >= 15 is 0 Å². The van der Waals surface area contributed by atoms with Gasteiger partial charge in [-0.1, -0.05) is 30.3 Å². The molecule has 2 amide bonds. The molecular weight excluding hydrogens is 348 g/mol. The minimum absolute atomic E-state index is 0.331. The Morgan fingerprint density at radius 2 is 1.70 bits per heavy atom. The molecule has 0 aliphatic carbocycles. The van der Waals surface area contributed by atoms with Crippen molar-refractivity contribution in [3.8, 4) is 0 Å². The number of hydrogen-bond donors (Lipinski definition) is 2. The van der Waals surface area contributed by atoms with Crippen molar-refractivity contribution >= 4 is 17.8 Å². The standard InChI is InChI=1S/C20H30N2O5/c1-13(19(26)27-20(4,5)6)21-18(25)14(2)22(15(3)24)17(12-23)16-10-8-7-9-11-16/h7-11,13-14,17,23H,12H2,1-6H3,(H,21,25)/t13?,14-,17?/m0/s1. The minimum atomic E-state index is -0.884. The van der Waals surface area contributed by atoms with Gasteiger partial charge >= 0.3 is 5.97 Å². The van der Waals surface area contributed by atoms with Gasteiger partial charge in [0.2, 0.25) is 11.8 Å². The van der Waals surface area contributed by atoms with Gasteiger partial charge in [-0.3, -0.25) is 9.59 Å². The average Bonchev–Trinajstić information content (AvgIpc) is 2.57. The lowest BCUT2D eigenvalue weighted by Gasteiger charge is -2.35. The van der Waals surface area contributed by atoms with Crippen LogP contribution in [0.15, 0.2) is 30.3 Å². The molecule has 7 nitrogen and oxygen atoms in total. The lowest BCUT2D eigenvalue weighted by Crippen LogP contribution is -2.53. The van der Waals surface area contributed by atoms with Crippen molar-refractivity contribution in [2.24, 2.45) is 0 Å². The number of rotatable bonds is 7. The molecule has 1 aromatic carbocycles. The molecule has 0 saturated heterocycles. The first kappa shape index (κ1) is 22.6. The smallest absolute Gasteiger partial charge is 0.328 e. The average molecular weight is 378 g/mol. The Bertz CT molecular complexity index is 654. The predicted octanol–water partition coefficient (Wildman–Crippen LogP) is 1.80. The lowest BCUT2D eigenvalue weighted by molar-refractivity contribution is -0.158. The molecule has 1 aromatic rings. The summed E-state index contributed by atoms with van der Waals surface area (Å²) >= 11 is 0. The number of hydrogen-bond acceptors (Lipinski definition) is 5. The zero-order valence-corrected chi connectivity index (χ0v) is 16.9. The first-order valence-electron chi connectivity index (χ1n) is 8.96. The fraction of sp³-hybridized carbons (Fsp3) is 0.550. The van der Waals surface area contributed by atoms with Crippen molar-refractivity contribution in [1.29, 1.82) is 0 Å². The molecule has 0 bridgehead atoms. The molecule has 0 aliphatic heterocycles. The fourth-order valence-corrected chi connectivity index (χ4v) is 2.70. The van der Waals surface area contributed by atoms with E-state index in [0.717, 1.165) is 5.56 Å². The fourth-order valence-electron chi connectivity index (χ4n) is 2.70. The number of benzene rings is 1. The second-order valence-electron chi connectivity index (χ2n) is 7.48. The van der Waals surface area contributed by atoms with Gasteiger partial charge in [-0.2, -0.15) is 0 Å². The van der Waals surface area contributed by atoms with Gasteiger partial charge < -0.3 is 20.1 Å². The maximum atomic E-state index is 12.6. The van der Waals surface area contributed by atoms with Crippen molar-refractivity contribution in [3.05, 3.63) is 35.9 Å². The number of nitrogens with zero attached hydrogens (tertiary/aromatic N) is 1. The summed E-state index contributed by atoms with van der Waals surface area (Å²) in [5.41, 5.74) is 0.0533. The maximum Gasteiger partial charge on any atom is 0.328 e. The summed E-state index contributed by atoms with van der Waals surface area (Å²) in [5.74, 6) is -1.41. The number of amides is 2. The Hall–Kier alpha value is -2.41. The van der Waals surface area contributed by atoms with Gasteiger partial charge in [-0.15, -0.1) is 0 Å². The highest BCUT2D eigenvalue weighted by atomic mass is 16.6. The molecule has 1 rings (SSSR count). The van der Waals surface area contributed by atoms with Gasteiger partial charge in [0.25, 0.3) is 0 Å². The van der Waals surface area contributed by atoms with Crippen LogP contribution in [-0.4, -0.2) is 52.1 Å². The predicted molar refractivity (Wildman–Crippen MR) is 102 cm³/mol. The SMILES string of the molecule is CC(=O)N(C(CO)c1ccccc1)[C@@H](C)C(=O)NC(C)C(=O)OC(C)(C)C. The second-order valence-corrected chi connectivity index (χ2v) is 7.48. The highest BCUT2D eigenvalue weighted by molar-refractivity contribution is 5.90. The molecule has 7 heteroatoms.